The second kappa shape index (κ2) is 5.71. The van der Waals surface area contributed by atoms with E-state index in [0.29, 0.717) is 0 Å². The van der Waals surface area contributed by atoms with Gasteiger partial charge in [0.05, 0.1) is 18.7 Å². The monoisotopic (exact) mass is 223 g/mol. The Morgan fingerprint density at radius 1 is 1.29 bits per heavy atom. The number of carboxylic acids is 1. The molecule has 0 bridgehead atoms. The van der Waals surface area contributed by atoms with Crippen LogP contribution in [-0.2, 0) is 19.6 Å². The Labute approximate surface area is 82.4 Å². The molecule has 0 rings (SSSR count). The van der Waals surface area contributed by atoms with Gasteiger partial charge >= 0.3 is 5.97 Å². The Bertz CT molecular complexity index is 308. The van der Waals surface area contributed by atoms with Crippen molar-refractivity contribution in [1.82, 2.24) is 4.72 Å². The number of ketones is 1. The van der Waals surface area contributed by atoms with Crippen molar-refractivity contribution in [3.63, 3.8) is 0 Å². The van der Waals surface area contributed by atoms with Crippen molar-refractivity contribution in [3.05, 3.63) is 0 Å². The first-order valence-electron chi connectivity index (χ1n) is 4.08. The van der Waals surface area contributed by atoms with Gasteiger partial charge in [0.2, 0.25) is 10.0 Å². The zero-order chi connectivity index (χ0) is 11.2. The van der Waals surface area contributed by atoms with Crippen LogP contribution in [0.15, 0.2) is 0 Å². The molecule has 82 valence electrons. The van der Waals surface area contributed by atoms with Crippen LogP contribution in [0.5, 0.6) is 0 Å². The maximum absolute atomic E-state index is 10.9. The summed E-state index contributed by atoms with van der Waals surface area (Å²) in [7, 11) is -3.37. The molecule has 0 atom stereocenters. The Kier molecular flexibility index (Phi) is 5.32. The highest BCUT2D eigenvalue weighted by Crippen LogP contribution is 1.91. The number of hydrogen-bond donors (Lipinski definition) is 2. The molecule has 2 N–H and O–H groups in total. The number of carbonyl (C=O) groups is 2. The highest BCUT2D eigenvalue weighted by Gasteiger charge is 2.10. The third kappa shape index (κ3) is 6.55. The molecule has 0 saturated heterocycles. The van der Waals surface area contributed by atoms with Crippen molar-refractivity contribution in [1.29, 1.82) is 0 Å². The van der Waals surface area contributed by atoms with Gasteiger partial charge in [0.1, 0.15) is 5.78 Å². The van der Waals surface area contributed by atoms with E-state index in [1.165, 1.54) is 6.92 Å². The molecule has 0 aromatic rings. The number of sulfonamides is 1. The first kappa shape index (κ1) is 13.1. The maximum Gasteiger partial charge on any atom is 0.303 e. The van der Waals surface area contributed by atoms with Crippen LogP contribution in [0.3, 0.4) is 0 Å². The Balaban J connectivity index is 3.81. The van der Waals surface area contributed by atoms with Crippen molar-refractivity contribution in [2.24, 2.45) is 0 Å². The van der Waals surface area contributed by atoms with Crippen LogP contribution in [0.1, 0.15) is 19.8 Å². The number of aliphatic carboxylic acids is 1. The average Bonchev–Trinajstić information content (AvgIpc) is 2.11. The van der Waals surface area contributed by atoms with Crippen LogP contribution < -0.4 is 4.72 Å². The minimum absolute atomic E-state index is 0.0980. The van der Waals surface area contributed by atoms with Crippen molar-refractivity contribution < 1.29 is 23.1 Å². The molecular weight excluding hydrogens is 210 g/mol. The van der Waals surface area contributed by atoms with Crippen LogP contribution in [0.25, 0.3) is 0 Å². The molecule has 7 heteroatoms. The molecule has 0 radical (unpaired) electrons. The van der Waals surface area contributed by atoms with Gasteiger partial charge in [-0.2, -0.15) is 0 Å². The van der Waals surface area contributed by atoms with E-state index in [-0.39, 0.29) is 25.1 Å². The van der Waals surface area contributed by atoms with Crippen molar-refractivity contribution in [3.8, 4) is 0 Å². The summed E-state index contributed by atoms with van der Waals surface area (Å²) in [5, 5.41) is 8.25. The topological polar surface area (TPSA) is 101 Å². The fraction of sp³-hybridized carbons (Fsp3) is 0.714. The molecule has 14 heavy (non-hydrogen) atoms. The van der Waals surface area contributed by atoms with Crippen molar-refractivity contribution >= 4 is 21.8 Å². The second-order valence-corrected chi connectivity index (χ2v) is 4.75. The lowest BCUT2D eigenvalue weighted by atomic mass is 10.2. The van der Waals surface area contributed by atoms with Crippen molar-refractivity contribution in [2.75, 3.05) is 12.3 Å². The van der Waals surface area contributed by atoms with E-state index in [1.54, 1.807) is 0 Å². The van der Waals surface area contributed by atoms with E-state index in [9.17, 15) is 18.0 Å². The van der Waals surface area contributed by atoms with E-state index in [1.807, 2.05) is 0 Å². The molecule has 0 spiro atoms. The van der Waals surface area contributed by atoms with Gasteiger partial charge in [0.25, 0.3) is 0 Å². The van der Waals surface area contributed by atoms with Gasteiger partial charge in [-0.1, -0.05) is 0 Å². The van der Waals surface area contributed by atoms with Crippen LogP contribution in [0.4, 0.5) is 0 Å². The number of carboxylic acid groups (broad SMARTS) is 1. The molecule has 0 fully saturated rings. The van der Waals surface area contributed by atoms with Crippen molar-refractivity contribution in [2.45, 2.75) is 19.8 Å². The first-order valence-corrected chi connectivity index (χ1v) is 5.73. The fourth-order valence-corrected chi connectivity index (χ4v) is 1.21. The Hall–Kier alpha value is -0.950. The average molecular weight is 223 g/mol. The lowest BCUT2D eigenvalue weighted by Gasteiger charge is -2.02. The van der Waals surface area contributed by atoms with Crippen LogP contribution in [-0.4, -0.2) is 37.6 Å². The number of nitrogens with one attached hydrogen (secondary N) is 1. The van der Waals surface area contributed by atoms with Gasteiger partial charge in [0, 0.05) is 6.42 Å². The SMILES string of the molecule is CCS(=O)(=O)NCC(=O)CCC(=O)O. The summed E-state index contributed by atoms with van der Waals surface area (Å²) in [5.41, 5.74) is 0. The number of hydrogen-bond acceptors (Lipinski definition) is 4. The minimum atomic E-state index is -3.37. The summed E-state index contributed by atoms with van der Waals surface area (Å²) in [6.45, 7) is 1.12. The molecular formula is C7H13NO5S. The predicted octanol–water partition coefficient (Wildman–Crippen LogP) is -0.640. The third-order valence-electron chi connectivity index (χ3n) is 1.49. The van der Waals surface area contributed by atoms with E-state index < -0.39 is 21.8 Å². The molecule has 0 aliphatic heterocycles. The fourth-order valence-electron chi connectivity index (χ4n) is 0.627. The highest BCUT2D eigenvalue weighted by molar-refractivity contribution is 7.89. The number of carbonyl (C=O) groups excluding carboxylic acids is 1. The Morgan fingerprint density at radius 2 is 1.86 bits per heavy atom. The molecule has 0 aliphatic carbocycles. The van der Waals surface area contributed by atoms with Gasteiger partial charge in [-0.3, -0.25) is 9.59 Å². The molecule has 0 aromatic heterocycles. The minimum Gasteiger partial charge on any atom is -0.481 e. The van der Waals surface area contributed by atoms with E-state index in [0.717, 1.165) is 0 Å². The summed E-state index contributed by atoms with van der Waals surface area (Å²) in [6, 6.07) is 0. The molecule has 6 nitrogen and oxygen atoms in total. The molecule has 0 unspecified atom stereocenters. The molecule has 0 heterocycles. The molecule has 0 aliphatic rings. The van der Waals surface area contributed by atoms with Gasteiger partial charge in [0.15, 0.2) is 0 Å². The Morgan fingerprint density at radius 3 is 2.29 bits per heavy atom. The lowest BCUT2D eigenvalue weighted by molar-refractivity contribution is -0.138. The zero-order valence-electron chi connectivity index (χ0n) is 7.82. The smallest absolute Gasteiger partial charge is 0.303 e. The quantitative estimate of drug-likeness (QED) is 0.598. The van der Waals surface area contributed by atoms with Gasteiger partial charge in [-0.05, 0) is 6.92 Å². The van der Waals surface area contributed by atoms with Gasteiger partial charge in [-0.15, -0.1) is 0 Å². The van der Waals surface area contributed by atoms with Crippen LogP contribution >= 0.6 is 0 Å². The zero-order valence-corrected chi connectivity index (χ0v) is 8.63. The normalized spacial score (nSPS) is 11.2. The standard InChI is InChI=1S/C7H13NO5S/c1-2-14(12,13)8-5-6(9)3-4-7(10)11/h8H,2-5H2,1H3,(H,10,11). The number of Topliss-reactive ketones (excluding diaryl/α,β-unsaturated/α-hetero) is 1. The summed E-state index contributed by atoms with van der Waals surface area (Å²) in [5.74, 6) is -1.60. The van der Waals surface area contributed by atoms with E-state index >= 15 is 0 Å². The molecule has 0 saturated carbocycles. The third-order valence-corrected chi connectivity index (χ3v) is 2.83. The number of rotatable bonds is 7. The van der Waals surface area contributed by atoms with Gasteiger partial charge in [-0.25, -0.2) is 13.1 Å². The van der Waals surface area contributed by atoms with Crippen LogP contribution in [0, 0.1) is 0 Å². The maximum atomic E-state index is 10.9. The first-order chi connectivity index (χ1) is 6.37. The lowest BCUT2D eigenvalue weighted by Crippen LogP contribution is -2.30. The molecule has 0 amide bonds. The van der Waals surface area contributed by atoms with Crippen LogP contribution in [0.2, 0.25) is 0 Å². The van der Waals surface area contributed by atoms with E-state index in [2.05, 4.69) is 4.72 Å². The summed E-state index contributed by atoms with van der Waals surface area (Å²) in [4.78, 5) is 21.0. The van der Waals surface area contributed by atoms with E-state index in [4.69, 9.17) is 5.11 Å². The summed E-state index contributed by atoms with van der Waals surface area (Å²) in [6.07, 6.45) is -0.422. The largest absolute Gasteiger partial charge is 0.481 e. The van der Waals surface area contributed by atoms with Gasteiger partial charge < -0.3 is 5.11 Å². The predicted molar refractivity (Wildman–Crippen MR) is 49.3 cm³/mol. The summed E-state index contributed by atoms with van der Waals surface area (Å²) >= 11 is 0. The second-order valence-electron chi connectivity index (χ2n) is 2.66. The highest BCUT2D eigenvalue weighted by atomic mass is 32.2. The summed E-state index contributed by atoms with van der Waals surface area (Å²) < 4.78 is 23.8. The molecule has 0 aromatic carbocycles.